The number of alkyl carbamates (subject to hydrolysis) is 1. The number of carbonyl (C=O) groups excluding carboxylic acids is 3. The minimum absolute atomic E-state index is 0.150. The first kappa shape index (κ1) is 33.2. The summed E-state index contributed by atoms with van der Waals surface area (Å²) in [5.41, 5.74) is 10.7. The van der Waals surface area contributed by atoms with Crippen LogP contribution in [0.4, 0.5) is 10.5 Å². The van der Waals surface area contributed by atoms with Crippen molar-refractivity contribution in [1.82, 2.24) is 30.9 Å². The molecule has 5 rings (SSSR count). The molecule has 0 spiro atoms. The van der Waals surface area contributed by atoms with Crippen LogP contribution in [-0.4, -0.2) is 61.7 Å². The number of hydrogen-bond donors (Lipinski definition) is 3. The maximum absolute atomic E-state index is 14.4. The molecular formula is C35H42N8O4. The van der Waals surface area contributed by atoms with Crippen molar-refractivity contribution in [1.29, 1.82) is 0 Å². The number of aromatic nitrogens is 5. The Labute approximate surface area is 274 Å². The van der Waals surface area contributed by atoms with Crippen molar-refractivity contribution in [2.75, 3.05) is 11.4 Å². The number of nitrogens with zero attached hydrogens (tertiary/aromatic N) is 5. The zero-order valence-corrected chi connectivity index (χ0v) is 27.3. The normalized spacial score (nSPS) is 17.0. The van der Waals surface area contributed by atoms with Crippen molar-refractivity contribution >= 4 is 23.6 Å². The van der Waals surface area contributed by atoms with Crippen molar-refractivity contribution in [3.63, 3.8) is 0 Å². The maximum atomic E-state index is 14.4. The third-order valence-corrected chi connectivity index (χ3v) is 8.46. The van der Waals surface area contributed by atoms with Crippen LogP contribution in [0.1, 0.15) is 57.6 Å². The van der Waals surface area contributed by atoms with Crippen LogP contribution in [0, 0.1) is 18.8 Å². The lowest BCUT2D eigenvalue weighted by molar-refractivity contribution is -0.127. The van der Waals surface area contributed by atoms with Gasteiger partial charge in [0.15, 0.2) is 5.82 Å². The summed E-state index contributed by atoms with van der Waals surface area (Å²) in [7, 11) is 0. The number of hydrogen-bond acceptors (Lipinski definition) is 8. The molecule has 246 valence electrons. The summed E-state index contributed by atoms with van der Waals surface area (Å²) in [6.45, 7) is 7.96. The molecule has 1 aliphatic carbocycles. The number of tetrazole rings is 1. The van der Waals surface area contributed by atoms with Crippen molar-refractivity contribution in [2.45, 2.75) is 71.4 Å². The fourth-order valence-electron chi connectivity index (χ4n) is 6.08. The first-order chi connectivity index (χ1) is 22.5. The SMILES string of the molecule is Cc1cnccc1-c1cccc(C[C@@H](C(N)=O)N(c2ccc(-c3nnn[nH]3)cc2)C(=O)[C@H]2CC[C@H](CNC(=O)OC(C)(C)C)CC2)c1. The molecule has 2 aromatic heterocycles. The number of amides is 3. The van der Waals surface area contributed by atoms with E-state index in [1.165, 1.54) is 0 Å². The van der Waals surface area contributed by atoms with E-state index in [0.29, 0.717) is 30.9 Å². The van der Waals surface area contributed by atoms with E-state index < -0.39 is 23.6 Å². The third kappa shape index (κ3) is 8.57. The Balaban J connectivity index is 1.38. The average Bonchev–Trinajstić information content (AvgIpc) is 3.59. The summed E-state index contributed by atoms with van der Waals surface area (Å²) in [5.74, 6) is -0.340. The molecule has 2 heterocycles. The van der Waals surface area contributed by atoms with Crippen molar-refractivity contribution in [3.05, 3.63) is 78.1 Å². The molecule has 0 unspecified atom stereocenters. The van der Waals surface area contributed by atoms with Crippen LogP contribution in [-0.2, 0) is 20.7 Å². The number of pyridine rings is 1. The largest absolute Gasteiger partial charge is 0.444 e. The van der Waals surface area contributed by atoms with Gasteiger partial charge in [-0.1, -0.05) is 24.3 Å². The second-order valence-electron chi connectivity index (χ2n) is 13.1. The Morgan fingerprint density at radius 2 is 1.79 bits per heavy atom. The van der Waals surface area contributed by atoms with E-state index in [1.54, 1.807) is 23.2 Å². The standard InChI is InChI=1S/C35H42N8O4/c1-22-20-37-17-16-29(22)27-7-5-6-24(18-27)19-30(31(36)44)43(28-14-12-25(13-15-28)32-39-41-42-40-32)33(45)26-10-8-23(9-11-26)21-38-34(46)47-35(2,3)4/h5-7,12-18,20,23,26,30H,8-11,19,21H2,1-4H3,(H2,36,44)(H,38,46)(H,39,40,41,42)/t23-,26-,30-/m0/s1. The lowest BCUT2D eigenvalue weighted by atomic mass is 9.81. The number of H-pyrrole nitrogens is 1. The molecule has 12 nitrogen and oxygen atoms in total. The van der Waals surface area contributed by atoms with Gasteiger partial charge in [-0.25, -0.2) is 9.89 Å². The van der Waals surface area contributed by atoms with E-state index >= 15 is 0 Å². The molecule has 1 aliphatic rings. The van der Waals surface area contributed by atoms with Crippen molar-refractivity contribution in [2.24, 2.45) is 17.6 Å². The van der Waals surface area contributed by atoms with Crippen LogP contribution >= 0.6 is 0 Å². The van der Waals surface area contributed by atoms with Crippen LogP contribution < -0.4 is 16.0 Å². The highest BCUT2D eigenvalue weighted by atomic mass is 16.6. The number of ether oxygens (including phenoxy) is 1. The molecule has 0 saturated heterocycles. The van der Waals surface area contributed by atoms with Crippen LogP contribution in [0.25, 0.3) is 22.5 Å². The Morgan fingerprint density at radius 3 is 2.43 bits per heavy atom. The monoisotopic (exact) mass is 638 g/mol. The van der Waals surface area contributed by atoms with Gasteiger partial charge in [0.2, 0.25) is 11.8 Å². The molecule has 1 fully saturated rings. The molecule has 3 amide bonds. The molecule has 1 saturated carbocycles. The van der Waals surface area contributed by atoms with E-state index in [2.05, 4.69) is 30.9 Å². The number of primary amides is 1. The second-order valence-corrected chi connectivity index (χ2v) is 13.1. The smallest absolute Gasteiger partial charge is 0.407 e. The summed E-state index contributed by atoms with van der Waals surface area (Å²) in [5, 5.41) is 16.9. The number of anilines is 1. The molecule has 12 heteroatoms. The number of rotatable bonds is 10. The number of carbonyl (C=O) groups is 3. The van der Waals surface area contributed by atoms with E-state index in [1.807, 2.05) is 76.4 Å². The van der Waals surface area contributed by atoms with Gasteiger partial charge in [-0.15, -0.1) is 5.10 Å². The Kier molecular flexibility index (Phi) is 10.3. The number of aromatic amines is 1. The van der Waals surface area contributed by atoms with Crippen molar-refractivity contribution < 1.29 is 19.1 Å². The highest BCUT2D eigenvalue weighted by Crippen LogP contribution is 2.33. The van der Waals surface area contributed by atoms with Gasteiger partial charge in [0.25, 0.3) is 0 Å². The highest BCUT2D eigenvalue weighted by molar-refractivity contribution is 6.01. The van der Waals surface area contributed by atoms with Gasteiger partial charge in [-0.05, 0) is 122 Å². The topological polar surface area (TPSA) is 169 Å². The number of nitrogens with one attached hydrogen (secondary N) is 2. The second kappa shape index (κ2) is 14.5. The molecule has 2 aromatic carbocycles. The van der Waals surface area contributed by atoms with Gasteiger partial charge in [-0.2, -0.15) is 0 Å². The predicted octanol–water partition coefficient (Wildman–Crippen LogP) is 5.00. The minimum atomic E-state index is -0.930. The average molecular weight is 639 g/mol. The van der Waals surface area contributed by atoms with E-state index in [4.69, 9.17) is 10.5 Å². The Morgan fingerprint density at radius 1 is 1.04 bits per heavy atom. The number of benzene rings is 2. The molecule has 4 aromatic rings. The minimum Gasteiger partial charge on any atom is -0.444 e. The number of nitrogens with two attached hydrogens (primary N) is 1. The van der Waals surface area contributed by atoms with Crippen molar-refractivity contribution in [3.8, 4) is 22.5 Å². The lowest BCUT2D eigenvalue weighted by Gasteiger charge is -2.36. The van der Waals surface area contributed by atoms with Crippen LogP contribution in [0.2, 0.25) is 0 Å². The number of aryl methyl sites for hydroxylation is 1. The summed E-state index contributed by atoms with van der Waals surface area (Å²) < 4.78 is 5.37. The van der Waals surface area contributed by atoms with Gasteiger partial charge >= 0.3 is 6.09 Å². The summed E-state index contributed by atoms with van der Waals surface area (Å²) in [4.78, 5) is 45.5. The molecule has 0 radical (unpaired) electrons. The molecule has 47 heavy (non-hydrogen) atoms. The zero-order valence-electron chi connectivity index (χ0n) is 27.3. The first-order valence-corrected chi connectivity index (χ1v) is 15.9. The van der Waals surface area contributed by atoms with Crippen LogP contribution in [0.15, 0.2) is 67.0 Å². The fourth-order valence-corrected chi connectivity index (χ4v) is 6.08. The van der Waals surface area contributed by atoms with Gasteiger partial charge in [-0.3, -0.25) is 19.5 Å². The maximum Gasteiger partial charge on any atom is 0.407 e. The van der Waals surface area contributed by atoms with E-state index in [9.17, 15) is 14.4 Å². The molecular weight excluding hydrogens is 596 g/mol. The van der Waals surface area contributed by atoms with Crippen LogP contribution in [0.5, 0.6) is 0 Å². The summed E-state index contributed by atoms with van der Waals surface area (Å²) >= 11 is 0. The highest BCUT2D eigenvalue weighted by Gasteiger charge is 2.36. The Bertz CT molecular complexity index is 1680. The molecule has 0 aliphatic heterocycles. The van der Waals surface area contributed by atoms with Gasteiger partial charge in [0, 0.05) is 42.5 Å². The van der Waals surface area contributed by atoms with Gasteiger partial charge < -0.3 is 15.8 Å². The lowest BCUT2D eigenvalue weighted by Crippen LogP contribution is -2.52. The Hall–Kier alpha value is -5.13. The third-order valence-electron chi connectivity index (χ3n) is 8.46. The molecule has 0 bridgehead atoms. The molecule has 4 N–H and O–H groups in total. The zero-order chi connectivity index (χ0) is 33.6. The van der Waals surface area contributed by atoms with E-state index in [0.717, 1.165) is 40.7 Å². The predicted molar refractivity (Wildman–Crippen MR) is 178 cm³/mol. The first-order valence-electron chi connectivity index (χ1n) is 15.9. The van der Waals surface area contributed by atoms with Gasteiger partial charge in [0.1, 0.15) is 11.6 Å². The molecule has 1 atom stereocenters. The van der Waals surface area contributed by atoms with Crippen LogP contribution in [0.3, 0.4) is 0 Å². The van der Waals surface area contributed by atoms with E-state index in [-0.39, 0.29) is 24.2 Å². The quantitative estimate of drug-likeness (QED) is 0.218. The van der Waals surface area contributed by atoms with Gasteiger partial charge in [0.05, 0.1) is 0 Å². The summed E-state index contributed by atoms with van der Waals surface area (Å²) in [6, 6.07) is 16.2. The summed E-state index contributed by atoms with van der Waals surface area (Å²) in [6.07, 6.45) is 6.12. The fraction of sp³-hybridized carbons (Fsp3) is 0.400.